The second-order valence-electron chi connectivity index (χ2n) is 32.5. The van der Waals surface area contributed by atoms with Crippen LogP contribution in [0.2, 0.25) is 0 Å². The van der Waals surface area contributed by atoms with E-state index in [2.05, 4.69) is 77.5 Å². The molecule has 16 N–H and O–H groups in total. The van der Waals surface area contributed by atoms with Gasteiger partial charge < -0.3 is 129 Å². The van der Waals surface area contributed by atoms with Gasteiger partial charge in [0.05, 0.1) is 49.9 Å². The molecule has 12 atom stereocenters. The van der Waals surface area contributed by atoms with Gasteiger partial charge in [0.25, 0.3) is 11.8 Å². The number of amides is 2. The van der Waals surface area contributed by atoms with Gasteiger partial charge in [-0.3, -0.25) is 27.8 Å². The molecule has 4 unspecified atom stereocenters. The molecule has 4 aliphatic heterocycles. The molecule has 138 heavy (non-hydrogen) atoms. The fourth-order valence-corrected chi connectivity index (χ4v) is 21.3. The van der Waals surface area contributed by atoms with Crippen molar-refractivity contribution in [1.29, 1.82) is 0 Å². The van der Waals surface area contributed by atoms with Gasteiger partial charge in [0, 0.05) is 145 Å². The Hall–Kier alpha value is -11.0. The van der Waals surface area contributed by atoms with Crippen LogP contribution in [-0.4, -0.2) is 255 Å². The third-order valence-electron chi connectivity index (χ3n) is 21.9. The number of rotatable bonds is 40. The second kappa shape index (κ2) is 43.4. The highest BCUT2D eigenvalue weighted by molar-refractivity contribution is 7.67. The highest BCUT2D eigenvalue weighted by Gasteiger charge is 2.50. The largest absolute Gasteiger partial charge is 0.545 e. The third-order valence-corrected chi connectivity index (χ3v) is 29.5. The number of phosphoric acid groups is 6. The summed E-state index contributed by atoms with van der Waals surface area (Å²) in [5.41, 5.74) is 7.25. The minimum atomic E-state index is -5.78. The number of hydrogen-bond donors (Lipinski definition) is 16. The van der Waals surface area contributed by atoms with Crippen LogP contribution < -0.4 is 61.1 Å². The van der Waals surface area contributed by atoms with Crippen LogP contribution in [0.4, 0.5) is 23.0 Å². The Morgan fingerprint density at radius 2 is 0.826 bits per heavy atom. The first-order valence-electron chi connectivity index (χ1n) is 42.1. The summed E-state index contributed by atoms with van der Waals surface area (Å²) in [6.45, 7) is -0.391. The minimum absolute atomic E-state index is 0.0769. The lowest BCUT2D eigenvalue weighted by atomic mass is 9.89. The number of carbonyl (C=O) groups is 4. The first-order valence-corrected chi connectivity index (χ1v) is 51.2. The Kier molecular flexibility index (Phi) is 32.8. The fourth-order valence-electron chi connectivity index (χ4n) is 15.3. The normalized spacial score (nSPS) is 19.1. The fraction of sp³-hybridized carbons (Fsp3) is 0.366. The van der Waals surface area contributed by atoms with Gasteiger partial charge in [-0.1, -0.05) is 37.8 Å². The van der Waals surface area contributed by atoms with Crippen molar-refractivity contribution in [2.24, 2.45) is 0 Å². The molecule has 6 aliphatic rings. The number of benzene rings is 6. The molecule has 0 saturated carbocycles. The first kappa shape index (κ1) is 104. The van der Waals surface area contributed by atoms with E-state index in [1.165, 1.54) is 52.6 Å². The molecule has 4 aromatic heterocycles. The zero-order valence-corrected chi connectivity index (χ0v) is 80.0. The van der Waals surface area contributed by atoms with E-state index in [0.29, 0.717) is 130 Å². The summed E-state index contributed by atoms with van der Waals surface area (Å²) in [6.07, 6.45) is -1.94. The third kappa shape index (κ3) is 25.4. The Labute approximate surface area is 783 Å². The van der Waals surface area contributed by atoms with E-state index in [0.717, 1.165) is 47.8 Å². The van der Waals surface area contributed by atoms with Crippen LogP contribution in [0.15, 0.2) is 143 Å². The summed E-state index contributed by atoms with van der Waals surface area (Å²) >= 11 is 0. The predicted molar refractivity (Wildman–Crippen MR) is 489 cm³/mol. The van der Waals surface area contributed by atoms with Gasteiger partial charge in [0.1, 0.15) is 100 Å². The topological polar surface area (TPSA) is 708 Å². The number of aliphatic hydroxyl groups excluding tert-OH is 4. The standard InChI is InChI=1S/2C41H49N8O17P3/c1-47(2)24-10-13-27-30(18-24)63-31-19-25(48(3)4)11-14-28(31)33(27)29-17-23(9-12-26(29)41(53)54)39(52)43-16-8-6-5-7-15-42-37-34-38(45-21-44-37)49(22-46-34)40-36(51)35(50)32(64-40)20-62-68(58,59)66-69(60,61)65-67(55,56)57;1-47(2)24-10-13-27-30(18-24)63-31-19-25(48(3)4)11-14-28(31)33(27)26-12-9-23(17-29(26)41(53)54)39(52)43-16-8-6-5-7-15-42-37-34-38(45-21-44-37)49(22-46-34)40-36(51)35(50)32(64-40)20-62-68(58,59)66-69(60,61)65-67(55,56)57/h2*9-14,17-19,21-22,32,35-36,40,50-51H,5-8,15-16,20H2,1-4H3,(H6-,42,43,44,45,52,53,54,55,56,57,58,59,60,61)/t2*32-,35-,36-,40-/m11/s1. The number of nitrogens with one attached hydrogen (secondary N) is 4. The van der Waals surface area contributed by atoms with E-state index in [-0.39, 0.29) is 50.5 Å². The first-order chi connectivity index (χ1) is 65.0. The van der Waals surface area contributed by atoms with Crippen molar-refractivity contribution < 1.29 is 161 Å². The van der Waals surface area contributed by atoms with Gasteiger partial charge in [0.2, 0.25) is 10.7 Å². The van der Waals surface area contributed by atoms with E-state index in [1.807, 2.05) is 148 Å². The maximum Gasteiger partial charge on any atom is 0.490 e. The molecular formula is C82H98N16O34P6. The molecule has 2 saturated heterocycles. The van der Waals surface area contributed by atoms with Gasteiger partial charge in [-0.05, 0) is 97.5 Å². The molecule has 50 nitrogen and oxygen atoms in total. The predicted octanol–water partition coefficient (Wildman–Crippen LogP) is 4.34. The number of carbonyl (C=O) groups excluding carboxylic acids is 4. The number of phosphoric ester groups is 2. The Balaban J connectivity index is 0.000000233. The minimum Gasteiger partial charge on any atom is -0.545 e. The van der Waals surface area contributed by atoms with Gasteiger partial charge in [-0.2, -0.15) is 17.2 Å². The Bertz CT molecular complexity index is 6980. The molecule has 2 amide bonds. The van der Waals surface area contributed by atoms with Crippen molar-refractivity contribution in [3.8, 4) is 44.9 Å². The van der Waals surface area contributed by atoms with Crippen molar-refractivity contribution in [3.63, 3.8) is 0 Å². The summed E-state index contributed by atoms with van der Waals surface area (Å²) < 4.78 is 124. The number of carboxylic acids is 2. The number of unbranched alkanes of at least 4 members (excludes halogenated alkanes) is 6. The van der Waals surface area contributed by atoms with Crippen LogP contribution in [0, 0.1) is 0 Å². The molecule has 56 heteroatoms. The Morgan fingerprint density at radius 3 is 1.22 bits per heavy atom. The number of ether oxygens (including phenoxy) is 2. The number of anilines is 4. The zero-order valence-electron chi connectivity index (χ0n) is 74.6. The number of aliphatic hydroxyl groups is 4. The average Bonchev–Trinajstić information content (AvgIpc) is 1.13. The SMILES string of the molecule is CN(C)c1ccc2c(-c3cc(C(=O)NCCCCCCNc4ncnc5c4ncn5[C@@H]4O[C@H](COP(=O)(O)OP(=O)(O)OP(=O)(O)O)[C@@H](O)[C@H]4O)ccc3C(=O)[O-])c3ccc(=[N+](C)C)cc-3oc2c1.CN(C)c1ccc2c(-c3ccc(C(=O)NCCCCCCNc4ncnc5c4ncn5[C@@H]4O[C@H](COP(=O)(O)OP(=O)(O)OP(=O)(O)O)[C@@H](O)[C@H]4O)cc3C(=O)[O-])c3ccc(=[N+](C)C)cc-3oc2c1. The number of hydrogen-bond acceptors (Lipinski definition) is 36. The summed E-state index contributed by atoms with van der Waals surface area (Å²) in [7, 11) is -18.6. The molecule has 740 valence electrons. The summed E-state index contributed by atoms with van der Waals surface area (Å²) in [4.78, 5) is 155. The quantitative estimate of drug-likeness (QED) is 0.0110. The highest BCUT2D eigenvalue weighted by atomic mass is 31.3. The molecule has 14 rings (SSSR count). The molecule has 2 fully saturated rings. The summed E-state index contributed by atoms with van der Waals surface area (Å²) in [5.74, 6) is -1.87. The molecule has 0 bridgehead atoms. The summed E-state index contributed by atoms with van der Waals surface area (Å²) in [6, 6.07) is 31.7. The second-order valence-corrected chi connectivity index (χ2v) is 41.3. The van der Waals surface area contributed by atoms with E-state index in [4.69, 9.17) is 37.9 Å². The van der Waals surface area contributed by atoms with Crippen molar-refractivity contribution >= 4 is 138 Å². The number of fused-ring (bicyclic) bond motifs is 6. The van der Waals surface area contributed by atoms with Crippen molar-refractivity contribution in [1.82, 2.24) is 58.8 Å². The lowest BCUT2D eigenvalue weighted by Gasteiger charge is -2.20. The van der Waals surface area contributed by atoms with E-state index >= 15 is 0 Å². The number of nitrogens with zero attached hydrogens (tertiary/aromatic N) is 12. The molecule has 4 aromatic carbocycles. The van der Waals surface area contributed by atoms with Crippen molar-refractivity contribution in [2.45, 2.75) is 100 Å². The monoisotopic (exact) mass is 2040 g/mol. The molecular weight excluding hydrogens is 1940 g/mol. The van der Waals surface area contributed by atoms with Crippen LogP contribution in [0.5, 0.6) is 0 Å². The summed E-state index contributed by atoms with van der Waals surface area (Å²) in [5, 5.41) is 83.2. The number of carboxylic acid groups (broad SMARTS) is 2. The number of imidazole rings is 2. The Morgan fingerprint density at radius 1 is 0.435 bits per heavy atom. The van der Waals surface area contributed by atoms with Crippen LogP contribution in [0.3, 0.4) is 0 Å². The van der Waals surface area contributed by atoms with E-state index in [1.54, 1.807) is 18.2 Å². The average molecular weight is 2040 g/mol. The van der Waals surface area contributed by atoms with Gasteiger partial charge in [-0.15, -0.1) is 0 Å². The number of aromatic nitrogens is 8. The van der Waals surface area contributed by atoms with Crippen LogP contribution in [0.25, 0.3) is 89.2 Å². The maximum atomic E-state index is 13.5. The van der Waals surface area contributed by atoms with Gasteiger partial charge in [-0.25, -0.2) is 66.4 Å². The molecule has 0 spiro atoms. The van der Waals surface area contributed by atoms with E-state index < -0.39 is 127 Å². The lowest BCUT2D eigenvalue weighted by Crippen LogP contribution is -2.33. The van der Waals surface area contributed by atoms with Crippen LogP contribution in [-0.2, 0) is 63.2 Å². The molecule has 8 heterocycles. The van der Waals surface area contributed by atoms with Gasteiger partial charge >= 0.3 is 46.9 Å². The lowest BCUT2D eigenvalue weighted by molar-refractivity contribution is -0.256. The maximum absolute atomic E-state index is 13.5. The number of aromatic carboxylic acids is 2. The van der Waals surface area contributed by atoms with Gasteiger partial charge in [0.15, 0.2) is 46.4 Å². The van der Waals surface area contributed by atoms with Crippen LogP contribution >= 0.6 is 46.9 Å². The molecule has 8 aromatic rings. The van der Waals surface area contributed by atoms with Crippen molar-refractivity contribution in [3.05, 3.63) is 167 Å². The molecule has 2 aliphatic carbocycles. The zero-order chi connectivity index (χ0) is 100. The van der Waals surface area contributed by atoms with E-state index in [9.17, 15) is 96.8 Å². The highest BCUT2D eigenvalue weighted by Crippen LogP contribution is 2.68. The molecule has 0 radical (unpaired) electrons. The van der Waals surface area contributed by atoms with Crippen molar-refractivity contribution in [2.75, 3.05) is 116 Å². The van der Waals surface area contributed by atoms with Crippen LogP contribution in [0.1, 0.15) is 105 Å². The smallest absolute Gasteiger partial charge is 0.490 e.